The molecule has 12 amide bonds. The predicted molar refractivity (Wildman–Crippen MR) is 371 cm³/mol. The van der Waals surface area contributed by atoms with Crippen LogP contribution in [0.4, 0.5) is 0 Å². The van der Waals surface area contributed by atoms with Gasteiger partial charge in [-0.1, -0.05) is 89.0 Å². The van der Waals surface area contributed by atoms with E-state index in [1.54, 1.807) is 18.7 Å². The first-order valence-corrected chi connectivity index (χ1v) is 35.8. The SMILES string of the molecule is C=C(C)C[C@@H]1NC(=O)[C@H](CC2CCCC(I)C2)NC(=O)CN(C)C(=O)[C@H](CC2CCC(Cl)CC2)N(C)C(=O)CN(C)C(=O)CN(C)C(=O)[C@H]([C@@H](C)CC)NC(=O)[C@H](CC(C)C)N(C)C(=O)C[C@@H](C(=O)N2CCCCC2)N(C)C(=O)[C@H](CC(C)C)NC(=O)C(C)(C)N(C)C1=O. The van der Waals surface area contributed by atoms with E-state index < -0.39 is 151 Å². The van der Waals surface area contributed by atoms with Crippen LogP contribution in [0.1, 0.15) is 178 Å². The van der Waals surface area contributed by atoms with Crippen molar-refractivity contribution in [1.29, 1.82) is 0 Å². The molecule has 0 aromatic heterocycles. The molecule has 2 saturated heterocycles. The number of halogens is 2. The first-order valence-electron chi connectivity index (χ1n) is 34.1. The average Bonchev–Trinajstić information content (AvgIpc) is 0.825. The van der Waals surface area contributed by atoms with Gasteiger partial charge in [-0.2, -0.15) is 0 Å². The molecular weight excluding hydrogens is 1340 g/mol. The average molecular weight is 1450 g/mol. The molecule has 0 bridgehead atoms. The lowest BCUT2D eigenvalue weighted by molar-refractivity contribution is -0.152. The van der Waals surface area contributed by atoms with Crippen LogP contribution >= 0.6 is 34.2 Å². The van der Waals surface area contributed by atoms with Crippen LogP contribution in [-0.2, 0) is 57.5 Å². The van der Waals surface area contributed by atoms with E-state index in [1.165, 1.54) is 92.6 Å². The van der Waals surface area contributed by atoms with E-state index in [1.807, 2.05) is 34.6 Å². The maximum Gasteiger partial charge on any atom is 0.246 e. The number of alkyl halides is 2. The number of hydrogen-bond donors (Lipinski definition) is 4. The Labute approximate surface area is 578 Å². The second kappa shape index (κ2) is 37.2. The zero-order chi connectivity index (χ0) is 70.8. The van der Waals surface area contributed by atoms with Crippen molar-refractivity contribution in [2.45, 2.75) is 235 Å². The van der Waals surface area contributed by atoms with E-state index in [9.17, 15) is 52.7 Å². The molecule has 0 radical (unpaired) electrons. The van der Waals surface area contributed by atoms with Crippen molar-refractivity contribution >= 4 is 105 Å². The van der Waals surface area contributed by atoms with Gasteiger partial charge in [0.15, 0.2) is 0 Å². The fourth-order valence-corrected chi connectivity index (χ4v) is 14.4. The normalized spacial score (nSPS) is 29.1. The summed E-state index contributed by atoms with van der Waals surface area (Å²) in [6, 6.07) is -8.56. The number of nitrogens with one attached hydrogen (secondary N) is 4. The van der Waals surface area contributed by atoms with Crippen molar-refractivity contribution in [3.05, 3.63) is 12.2 Å². The first-order chi connectivity index (χ1) is 43.9. The van der Waals surface area contributed by atoms with Gasteiger partial charge in [0.25, 0.3) is 0 Å². The summed E-state index contributed by atoms with van der Waals surface area (Å²) in [6.45, 7) is 19.1. The molecule has 2 aliphatic heterocycles. The third kappa shape index (κ3) is 23.3. The number of likely N-dealkylation sites (N-methyl/N-ethyl adjacent to an activating group) is 7. The Hall–Kier alpha value is -5.60. The van der Waals surface area contributed by atoms with E-state index in [0.29, 0.717) is 67.5 Å². The second-order valence-electron chi connectivity index (χ2n) is 28.9. The lowest BCUT2D eigenvalue weighted by atomic mass is 9.84. The van der Waals surface area contributed by atoms with Crippen LogP contribution in [0.15, 0.2) is 12.2 Å². The maximum absolute atomic E-state index is 15.1. The molecule has 2 aliphatic carbocycles. The number of carbonyl (C=O) groups is 12. The van der Waals surface area contributed by atoms with Crippen molar-refractivity contribution < 1.29 is 57.5 Å². The molecule has 0 aromatic rings. The second-order valence-corrected chi connectivity index (χ2v) is 31.3. The lowest BCUT2D eigenvalue weighted by Gasteiger charge is -2.39. The minimum Gasteiger partial charge on any atom is -0.343 e. The summed E-state index contributed by atoms with van der Waals surface area (Å²) in [6.07, 6.45) is 9.06. The van der Waals surface area contributed by atoms with E-state index in [-0.39, 0.29) is 61.2 Å². The summed E-state index contributed by atoms with van der Waals surface area (Å²) in [4.78, 5) is 187. The van der Waals surface area contributed by atoms with Gasteiger partial charge in [0.2, 0.25) is 70.9 Å². The molecule has 0 aromatic carbocycles. The highest BCUT2D eigenvalue weighted by Crippen LogP contribution is 2.34. The molecule has 26 heteroatoms. The van der Waals surface area contributed by atoms with Crippen LogP contribution in [0.2, 0.25) is 0 Å². The van der Waals surface area contributed by atoms with E-state index in [0.717, 1.165) is 37.0 Å². The number of likely N-dealkylation sites (tertiary alicyclic amines) is 1. The van der Waals surface area contributed by atoms with Gasteiger partial charge in [-0.25, -0.2) is 0 Å². The smallest absolute Gasteiger partial charge is 0.246 e. The maximum atomic E-state index is 15.1. The Balaban J connectivity index is 1.87. The number of carbonyl (C=O) groups excluding carboxylic acids is 12. The largest absolute Gasteiger partial charge is 0.343 e. The molecule has 0 spiro atoms. The number of nitrogens with zero attached hydrogens (tertiary/aromatic N) is 8. The van der Waals surface area contributed by atoms with E-state index in [2.05, 4.69) is 50.4 Å². The Kier molecular flexibility index (Phi) is 32.0. The van der Waals surface area contributed by atoms with Gasteiger partial charge < -0.3 is 60.5 Å². The van der Waals surface area contributed by atoms with Crippen LogP contribution < -0.4 is 21.3 Å². The van der Waals surface area contributed by atoms with Gasteiger partial charge >= 0.3 is 0 Å². The van der Waals surface area contributed by atoms with Gasteiger partial charge in [-0.15, -0.1) is 18.2 Å². The molecule has 532 valence electrons. The minimum absolute atomic E-state index is 0.00806. The van der Waals surface area contributed by atoms with Crippen molar-refractivity contribution in [3.63, 3.8) is 0 Å². The van der Waals surface area contributed by atoms with Crippen LogP contribution in [0, 0.1) is 29.6 Å². The van der Waals surface area contributed by atoms with Crippen molar-refractivity contribution in [3.8, 4) is 0 Å². The summed E-state index contributed by atoms with van der Waals surface area (Å²) >= 11 is 8.91. The highest BCUT2D eigenvalue weighted by atomic mass is 127. The van der Waals surface area contributed by atoms with Gasteiger partial charge in [-0.3, -0.25) is 57.5 Å². The third-order valence-corrected chi connectivity index (χ3v) is 21.3. The fourth-order valence-electron chi connectivity index (χ4n) is 13.0. The quantitative estimate of drug-likeness (QED) is 0.106. The first kappa shape index (κ1) is 80.8. The van der Waals surface area contributed by atoms with Crippen LogP contribution in [0.25, 0.3) is 0 Å². The Morgan fingerprint density at radius 3 is 1.76 bits per heavy atom. The number of amides is 12. The monoisotopic (exact) mass is 1450 g/mol. The van der Waals surface area contributed by atoms with E-state index in [4.69, 9.17) is 11.6 Å². The molecule has 4 rings (SSSR count). The highest BCUT2D eigenvalue weighted by Gasteiger charge is 2.45. The molecular formula is C68H114ClIN12O12. The zero-order valence-electron chi connectivity index (χ0n) is 59.3. The number of piperidine rings is 1. The van der Waals surface area contributed by atoms with Gasteiger partial charge in [0, 0.05) is 71.7 Å². The van der Waals surface area contributed by atoms with Crippen LogP contribution in [-0.4, -0.2) is 249 Å². The summed E-state index contributed by atoms with van der Waals surface area (Å²) < 4.78 is 0.328. The molecule has 2 saturated carbocycles. The summed E-state index contributed by atoms with van der Waals surface area (Å²) in [5.74, 6) is -8.42. The van der Waals surface area contributed by atoms with Crippen LogP contribution in [0.5, 0.6) is 0 Å². The lowest BCUT2D eigenvalue weighted by Crippen LogP contribution is -2.63. The molecule has 4 aliphatic rings. The van der Waals surface area contributed by atoms with Crippen LogP contribution in [0.3, 0.4) is 0 Å². The molecule has 4 fully saturated rings. The standard InChI is InChI=1S/C68H114ClIN12O12/c1-18-44(8)59-66(93)77(13)39-57(85)75(11)40-58(86)79(15)53(36-45-25-27-47(69)28-26-45)64(91)76(12)38-55(83)71-49(35-46-23-22-24-48(70)34-46)60(87)72-51(32-42(4)5)63(90)81(17)68(9,10)67(94)73-50(31-41(2)3)62(89)80(16)54(65(92)82-29-20-19-21-30-82)37-56(84)78(14)52(33-43(6)7)61(88)74-59/h41,43-54,59H,4,18-40H2,1-3,5-17H3,(H,71,83)(H,72,87)(H,73,94)(H,74,88)/t44-,45?,46?,47?,48?,49-,50-,51-,52-,53-,54-,59-/m0/s1. The Morgan fingerprint density at radius 1 is 0.596 bits per heavy atom. The molecule has 2 unspecified atom stereocenters. The zero-order valence-corrected chi connectivity index (χ0v) is 62.2. The van der Waals surface area contributed by atoms with Crippen molar-refractivity contribution in [1.82, 2.24) is 60.5 Å². The summed E-state index contributed by atoms with van der Waals surface area (Å²) in [5, 5.41) is 11.6. The Bertz CT molecular complexity index is 2690. The van der Waals surface area contributed by atoms with Gasteiger partial charge in [0.1, 0.15) is 47.8 Å². The fraction of sp³-hybridized carbons (Fsp3) is 0.794. The number of rotatable bonds is 13. The van der Waals surface area contributed by atoms with Gasteiger partial charge in [0.05, 0.1) is 26.1 Å². The molecule has 4 N–H and O–H groups in total. The van der Waals surface area contributed by atoms with Crippen molar-refractivity contribution in [2.24, 2.45) is 29.6 Å². The van der Waals surface area contributed by atoms with Gasteiger partial charge in [-0.05, 0) is 140 Å². The highest BCUT2D eigenvalue weighted by molar-refractivity contribution is 14.1. The molecule has 2 heterocycles. The molecule has 24 nitrogen and oxygen atoms in total. The Morgan fingerprint density at radius 2 is 1.18 bits per heavy atom. The third-order valence-electron chi connectivity index (χ3n) is 19.7. The summed E-state index contributed by atoms with van der Waals surface area (Å²) in [7, 11) is 10.00. The topological polar surface area (TPSA) is 279 Å². The summed E-state index contributed by atoms with van der Waals surface area (Å²) in [5.41, 5.74) is -1.17. The predicted octanol–water partition coefficient (Wildman–Crippen LogP) is 5.11. The van der Waals surface area contributed by atoms with Crippen molar-refractivity contribution in [2.75, 3.05) is 82.1 Å². The minimum atomic E-state index is -1.70. The molecule has 94 heavy (non-hydrogen) atoms. The number of hydrogen-bond acceptors (Lipinski definition) is 12. The molecule has 10 atom stereocenters. The van der Waals surface area contributed by atoms with E-state index >= 15 is 4.79 Å².